The van der Waals surface area contributed by atoms with Crippen LogP contribution in [0.4, 0.5) is 0 Å². The molecule has 0 aliphatic heterocycles. The molecule has 0 radical (unpaired) electrons. The fraction of sp³-hybridized carbons (Fsp3) is 0.588. The molecule has 0 bridgehead atoms. The number of amides is 1. The highest BCUT2D eigenvalue weighted by molar-refractivity contribution is 5.93. The molecule has 4 nitrogen and oxygen atoms in total. The summed E-state index contributed by atoms with van der Waals surface area (Å²) in [7, 11) is 3.88. The van der Waals surface area contributed by atoms with Crippen molar-refractivity contribution in [3.05, 3.63) is 35.4 Å². The molecule has 1 aliphatic carbocycles. The van der Waals surface area contributed by atoms with E-state index in [-0.39, 0.29) is 5.91 Å². The van der Waals surface area contributed by atoms with Gasteiger partial charge in [0, 0.05) is 38.3 Å². The molecule has 2 N–H and O–H groups in total. The largest absolute Gasteiger partial charge is 0.355 e. The van der Waals surface area contributed by atoms with Gasteiger partial charge in [-0.15, -0.1) is 0 Å². The maximum Gasteiger partial charge on any atom is 0.251 e. The van der Waals surface area contributed by atoms with E-state index in [0.717, 1.165) is 25.7 Å². The molecule has 1 aliphatic rings. The zero-order valence-electron chi connectivity index (χ0n) is 13.2. The van der Waals surface area contributed by atoms with E-state index in [9.17, 15) is 4.79 Å². The number of carbonyl (C=O) groups excluding carboxylic acids is 1. The number of benzene rings is 1. The summed E-state index contributed by atoms with van der Waals surface area (Å²) in [6.45, 7) is 2.96. The molecule has 21 heavy (non-hydrogen) atoms. The van der Waals surface area contributed by atoms with Crippen LogP contribution in [0.1, 0.15) is 41.6 Å². The molecular weight excluding hydrogens is 262 g/mol. The van der Waals surface area contributed by atoms with Crippen molar-refractivity contribution < 1.29 is 4.79 Å². The molecule has 2 rings (SSSR count). The Bertz CT molecular complexity index is 438. The van der Waals surface area contributed by atoms with Crippen molar-refractivity contribution in [2.24, 2.45) is 0 Å². The van der Waals surface area contributed by atoms with Gasteiger partial charge in [-0.2, -0.15) is 0 Å². The van der Waals surface area contributed by atoms with Gasteiger partial charge in [-0.25, -0.2) is 0 Å². The molecule has 0 saturated heterocycles. The lowest BCUT2D eigenvalue weighted by molar-refractivity contribution is 0.0963. The van der Waals surface area contributed by atoms with Gasteiger partial charge in [0.25, 0.3) is 5.91 Å². The first-order chi connectivity index (χ1) is 10.2. The molecule has 1 fully saturated rings. The van der Waals surface area contributed by atoms with Gasteiger partial charge in [-0.1, -0.05) is 25.0 Å². The average Bonchev–Trinajstić information content (AvgIpc) is 3.05. The first-order valence-electron chi connectivity index (χ1n) is 7.92. The Morgan fingerprint density at radius 2 is 1.90 bits per heavy atom. The first-order valence-corrected chi connectivity index (χ1v) is 7.92. The Hall–Kier alpha value is -1.39. The number of hydrogen-bond donors (Lipinski definition) is 2. The van der Waals surface area contributed by atoms with Crippen LogP contribution in [0.25, 0.3) is 0 Å². The fourth-order valence-corrected chi connectivity index (χ4v) is 2.93. The van der Waals surface area contributed by atoms with E-state index in [1.54, 1.807) is 7.05 Å². The van der Waals surface area contributed by atoms with Crippen LogP contribution in [0.5, 0.6) is 0 Å². The highest BCUT2D eigenvalue weighted by Crippen LogP contribution is 2.21. The minimum absolute atomic E-state index is 0.0345. The summed E-state index contributed by atoms with van der Waals surface area (Å²) in [4.78, 5) is 13.9. The van der Waals surface area contributed by atoms with Gasteiger partial charge in [0.15, 0.2) is 0 Å². The topological polar surface area (TPSA) is 44.4 Å². The highest BCUT2D eigenvalue weighted by atomic mass is 16.1. The summed E-state index contributed by atoms with van der Waals surface area (Å²) < 4.78 is 0. The summed E-state index contributed by atoms with van der Waals surface area (Å²) in [5, 5.41) is 6.11. The van der Waals surface area contributed by atoms with Crippen molar-refractivity contribution in [2.75, 3.05) is 27.2 Å². The molecule has 1 amide bonds. The van der Waals surface area contributed by atoms with E-state index in [0.29, 0.717) is 5.56 Å². The van der Waals surface area contributed by atoms with E-state index < -0.39 is 0 Å². The lowest BCUT2D eigenvalue weighted by Crippen LogP contribution is -2.35. The molecule has 0 atom stereocenters. The predicted molar refractivity (Wildman–Crippen MR) is 86.4 cm³/mol. The van der Waals surface area contributed by atoms with Crippen LogP contribution in [-0.4, -0.2) is 44.0 Å². The van der Waals surface area contributed by atoms with Gasteiger partial charge >= 0.3 is 0 Å². The number of rotatable bonds is 7. The smallest absolute Gasteiger partial charge is 0.251 e. The third-order valence-electron chi connectivity index (χ3n) is 4.36. The van der Waals surface area contributed by atoms with Gasteiger partial charge in [-0.3, -0.25) is 4.79 Å². The highest BCUT2D eigenvalue weighted by Gasteiger charge is 2.18. The third kappa shape index (κ3) is 4.83. The van der Waals surface area contributed by atoms with Crippen molar-refractivity contribution in [1.82, 2.24) is 15.5 Å². The Labute approximate surface area is 127 Å². The van der Waals surface area contributed by atoms with Gasteiger partial charge in [-0.05, 0) is 37.6 Å². The number of likely N-dealkylation sites (N-methyl/N-ethyl adjacent to an activating group) is 1. The Morgan fingerprint density at radius 1 is 1.24 bits per heavy atom. The number of carbonyl (C=O) groups is 1. The number of nitrogens with zero attached hydrogens (tertiary/aromatic N) is 1. The van der Waals surface area contributed by atoms with Crippen LogP contribution in [0, 0.1) is 0 Å². The van der Waals surface area contributed by atoms with Crippen LogP contribution in [0.3, 0.4) is 0 Å². The van der Waals surface area contributed by atoms with Crippen LogP contribution >= 0.6 is 0 Å². The first kappa shape index (κ1) is 16.0. The molecule has 1 saturated carbocycles. The molecule has 0 spiro atoms. The fourth-order valence-electron chi connectivity index (χ4n) is 2.93. The Balaban J connectivity index is 1.67. The summed E-state index contributed by atoms with van der Waals surface area (Å²) in [5.41, 5.74) is 1.92. The van der Waals surface area contributed by atoms with Crippen molar-refractivity contribution in [3.8, 4) is 0 Å². The van der Waals surface area contributed by atoms with Crippen LogP contribution in [0.2, 0.25) is 0 Å². The Morgan fingerprint density at radius 3 is 2.52 bits per heavy atom. The molecule has 4 heteroatoms. The molecule has 0 unspecified atom stereocenters. The second-order valence-corrected chi connectivity index (χ2v) is 5.87. The minimum Gasteiger partial charge on any atom is -0.355 e. The van der Waals surface area contributed by atoms with Gasteiger partial charge in [0.1, 0.15) is 0 Å². The summed E-state index contributed by atoms with van der Waals surface area (Å²) in [5.74, 6) is -0.0345. The van der Waals surface area contributed by atoms with Crippen molar-refractivity contribution in [1.29, 1.82) is 0 Å². The molecule has 1 aromatic rings. The van der Waals surface area contributed by atoms with Gasteiger partial charge < -0.3 is 15.5 Å². The number of hydrogen-bond acceptors (Lipinski definition) is 3. The van der Waals surface area contributed by atoms with Crippen LogP contribution < -0.4 is 10.6 Å². The van der Waals surface area contributed by atoms with Crippen LogP contribution in [-0.2, 0) is 6.54 Å². The second-order valence-electron chi connectivity index (χ2n) is 5.87. The van der Waals surface area contributed by atoms with E-state index in [4.69, 9.17) is 0 Å². The maximum absolute atomic E-state index is 11.5. The molecule has 0 heterocycles. The van der Waals surface area contributed by atoms with E-state index in [1.807, 2.05) is 24.3 Å². The summed E-state index contributed by atoms with van der Waals surface area (Å²) in [6, 6.07) is 8.57. The summed E-state index contributed by atoms with van der Waals surface area (Å²) >= 11 is 0. The van der Waals surface area contributed by atoms with Crippen molar-refractivity contribution >= 4 is 5.91 Å². The maximum atomic E-state index is 11.5. The van der Waals surface area contributed by atoms with Crippen LogP contribution in [0.15, 0.2) is 24.3 Å². The Kier molecular flexibility index (Phi) is 6.21. The van der Waals surface area contributed by atoms with Gasteiger partial charge in [0.05, 0.1) is 0 Å². The summed E-state index contributed by atoms with van der Waals surface area (Å²) in [6.07, 6.45) is 5.50. The number of nitrogens with one attached hydrogen (secondary N) is 2. The quantitative estimate of drug-likeness (QED) is 0.755. The lowest BCUT2D eigenvalue weighted by Gasteiger charge is -2.24. The standard InChI is InChI=1S/C17H27N3O/c1-18-17(21)15-9-7-14(8-10-15)13-19-11-12-20(2)16-5-3-4-6-16/h7-10,16,19H,3-6,11-13H2,1-2H3,(H,18,21). The molecular formula is C17H27N3O. The average molecular weight is 289 g/mol. The molecule has 0 aromatic heterocycles. The van der Waals surface area contributed by atoms with Gasteiger partial charge in [0.2, 0.25) is 0 Å². The van der Waals surface area contributed by atoms with Crippen molar-refractivity contribution in [2.45, 2.75) is 38.3 Å². The second kappa shape index (κ2) is 8.15. The molecule has 116 valence electrons. The SMILES string of the molecule is CNC(=O)c1ccc(CNCCN(C)C2CCCC2)cc1. The van der Waals surface area contributed by atoms with E-state index >= 15 is 0 Å². The normalized spacial score (nSPS) is 15.6. The zero-order valence-corrected chi connectivity index (χ0v) is 13.2. The van der Waals surface area contributed by atoms with E-state index in [2.05, 4.69) is 22.6 Å². The minimum atomic E-state index is -0.0345. The van der Waals surface area contributed by atoms with Crippen molar-refractivity contribution in [3.63, 3.8) is 0 Å². The lowest BCUT2D eigenvalue weighted by atomic mass is 10.1. The molecule has 1 aromatic carbocycles. The predicted octanol–water partition coefficient (Wildman–Crippen LogP) is 2.01. The monoisotopic (exact) mass is 289 g/mol. The zero-order chi connectivity index (χ0) is 15.1. The third-order valence-corrected chi connectivity index (χ3v) is 4.36. The van der Waals surface area contributed by atoms with E-state index in [1.165, 1.54) is 31.2 Å².